The lowest BCUT2D eigenvalue weighted by atomic mass is 9.72. The molecule has 0 radical (unpaired) electrons. The third kappa shape index (κ3) is 3.33. The van der Waals surface area contributed by atoms with Crippen LogP contribution in [0.5, 0.6) is 0 Å². The van der Waals surface area contributed by atoms with Crippen LogP contribution >= 0.6 is 0 Å². The summed E-state index contributed by atoms with van der Waals surface area (Å²) in [4.78, 5) is 0. The van der Waals surface area contributed by atoms with Crippen LogP contribution < -0.4 is 0 Å². The number of aliphatic hydroxyl groups is 1. The van der Waals surface area contributed by atoms with Crippen molar-refractivity contribution in [3.05, 3.63) is 35.4 Å². The molecule has 1 N–H and O–H groups in total. The Labute approximate surface area is 113 Å². The maximum atomic E-state index is 13.9. The van der Waals surface area contributed by atoms with Crippen molar-refractivity contribution in [2.24, 2.45) is 11.8 Å². The van der Waals surface area contributed by atoms with Crippen molar-refractivity contribution >= 4 is 0 Å². The zero-order valence-electron chi connectivity index (χ0n) is 11.6. The van der Waals surface area contributed by atoms with Gasteiger partial charge in [0.2, 0.25) is 0 Å². The van der Waals surface area contributed by atoms with E-state index in [2.05, 4.69) is 13.8 Å². The largest absolute Gasteiger partial charge is 0.385 e. The van der Waals surface area contributed by atoms with Crippen LogP contribution in [0.1, 0.15) is 51.5 Å². The predicted octanol–water partition coefficient (Wildman–Crippen LogP) is 4.39. The molecular formula is C16H22F2O. The fraction of sp³-hybridized carbons (Fsp3) is 0.625. The van der Waals surface area contributed by atoms with E-state index in [0.717, 1.165) is 37.5 Å². The second-order valence-corrected chi connectivity index (χ2v) is 6.25. The summed E-state index contributed by atoms with van der Waals surface area (Å²) in [6.45, 7) is 4.30. The Hall–Kier alpha value is -0.960. The van der Waals surface area contributed by atoms with Crippen LogP contribution in [-0.2, 0) is 5.60 Å². The predicted molar refractivity (Wildman–Crippen MR) is 71.7 cm³/mol. The number of hydrogen-bond acceptors (Lipinski definition) is 1. The monoisotopic (exact) mass is 268 g/mol. The summed E-state index contributed by atoms with van der Waals surface area (Å²) in [7, 11) is 0. The van der Waals surface area contributed by atoms with Gasteiger partial charge in [-0.3, -0.25) is 0 Å². The molecule has 0 saturated heterocycles. The van der Waals surface area contributed by atoms with E-state index in [-0.39, 0.29) is 5.56 Å². The van der Waals surface area contributed by atoms with E-state index in [9.17, 15) is 13.9 Å². The van der Waals surface area contributed by atoms with E-state index in [4.69, 9.17) is 0 Å². The zero-order chi connectivity index (χ0) is 14.0. The smallest absolute Gasteiger partial charge is 0.129 e. The van der Waals surface area contributed by atoms with Crippen molar-refractivity contribution in [1.82, 2.24) is 0 Å². The van der Waals surface area contributed by atoms with E-state index in [1.54, 1.807) is 0 Å². The summed E-state index contributed by atoms with van der Waals surface area (Å²) >= 11 is 0. The van der Waals surface area contributed by atoms with Crippen molar-refractivity contribution in [1.29, 1.82) is 0 Å². The van der Waals surface area contributed by atoms with Crippen molar-refractivity contribution in [2.45, 2.75) is 51.6 Å². The van der Waals surface area contributed by atoms with Gasteiger partial charge in [0.25, 0.3) is 0 Å². The Kier molecular flexibility index (Phi) is 4.24. The first-order valence-electron chi connectivity index (χ1n) is 7.08. The SMILES string of the molecule is CC(C)CC1CCCC(O)(c2cc(F)ccc2F)C1. The highest BCUT2D eigenvalue weighted by atomic mass is 19.1. The molecule has 3 heteroatoms. The summed E-state index contributed by atoms with van der Waals surface area (Å²) in [5.74, 6) is -0.0453. The molecule has 1 nitrogen and oxygen atoms in total. The number of halogens is 2. The van der Waals surface area contributed by atoms with Crippen LogP contribution in [-0.4, -0.2) is 5.11 Å². The molecule has 0 aliphatic heterocycles. The van der Waals surface area contributed by atoms with Gasteiger partial charge in [-0.1, -0.05) is 20.3 Å². The van der Waals surface area contributed by atoms with Gasteiger partial charge in [-0.2, -0.15) is 0 Å². The van der Waals surface area contributed by atoms with E-state index in [1.165, 1.54) is 0 Å². The maximum Gasteiger partial charge on any atom is 0.129 e. The Morgan fingerprint density at radius 3 is 2.79 bits per heavy atom. The van der Waals surface area contributed by atoms with E-state index >= 15 is 0 Å². The van der Waals surface area contributed by atoms with Crippen LogP contribution in [0.15, 0.2) is 18.2 Å². The standard InChI is InChI=1S/C16H22F2O/c1-11(2)8-12-4-3-7-16(19,10-12)14-9-13(17)5-6-15(14)18/h5-6,9,11-12,19H,3-4,7-8,10H2,1-2H3. The molecule has 1 aromatic carbocycles. The topological polar surface area (TPSA) is 20.2 Å². The molecule has 0 aromatic heterocycles. The highest BCUT2D eigenvalue weighted by molar-refractivity contribution is 5.26. The quantitative estimate of drug-likeness (QED) is 0.862. The molecule has 0 spiro atoms. The minimum absolute atomic E-state index is 0.126. The number of benzene rings is 1. The van der Waals surface area contributed by atoms with Crippen molar-refractivity contribution in [3.8, 4) is 0 Å². The molecule has 1 fully saturated rings. The van der Waals surface area contributed by atoms with Crippen LogP contribution in [0, 0.1) is 23.5 Å². The first-order valence-corrected chi connectivity index (χ1v) is 7.08. The number of rotatable bonds is 3. The minimum Gasteiger partial charge on any atom is -0.385 e. The van der Waals surface area contributed by atoms with Crippen molar-refractivity contribution in [3.63, 3.8) is 0 Å². The summed E-state index contributed by atoms with van der Waals surface area (Å²) in [5.41, 5.74) is -1.08. The summed E-state index contributed by atoms with van der Waals surface area (Å²) < 4.78 is 27.2. The molecule has 106 valence electrons. The molecule has 0 amide bonds. The van der Waals surface area contributed by atoms with Crippen LogP contribution in [0.2, 0.25) is 0 Å². The average molecular weight is 268 g/mol. The van der Waals surface area contributed by atoms with Gasteiger partial charge >= 0.3 is 0 Å². The molecule has 1 saturated carbocycles. The van der Waals surface area contributed by atoms with Crippen LogP contribution in [0.4, 0.5) is 8.78 Å². The van der Waals surface area contributed by atoms with Gasteiger partial charge in [-0.25, -0.2) is 8.78 Å². The molecular weight excluding hydrogens is 246 g/mol. The van der Waals surface area contributed by atoms with Crippen molar-refractivity contribution in [2.75, 3.05) is 0 Å². The third-order valence-electron chi connectivity index (χ3n) is 4.06. The van der Waals surface area contributed by atoms with Crippen LogP contribution in [0.25, 0.3) is 0 Å². The summed E-state index contributed by atoms with van der Waals surface area (Å²) in [6.07, 6.45) is 4.01. The maximum absolute atomic E-state index is 13.9. The summed E-state index contributed by atoms with van der Waals surface area (Å²) in [5, 5.41) is 10.7. The highest BCUT2D eigenvalue weighted by Crippen LogP contribution is 2.42. The third-order valence-corrected chi connectivity index (χ3v) is 4.06. The average Bonchev–Trinajstić information content (AvgIpc) is 2.31. The lowest BCUT2D eigenvalue weighted by molar-refractivity contribution is -0.0274. The minimum atomic E-state index is -1.20. The normalized spacial score (nSPS) is 27.8. The Balaban J connectivity index is 2.23. The van der Waals surface area contributed by atoms with Gasteiger partial charge in [-0.05, 0) is 55.7 Å². The molecule has 2 unspecified atom stereocenters. The molecule has 1 aromatic rings. The van der Waals surface area contributed by atoms with Gasteiger partial charge in [-0.15, -0.1) is 0 Å². The molecule has 0 heterocycles. The fourth-order valence-corrected chi connectivity index (χ4v) is 3.33. The molecule has 1 aliphatic rings. The van der Waals surface area contributed by atoms with Gasteiger partial charge < -0.3 is 5.11 Å². The van der Waals surface area contributed by atoms with Gasteiger partial charge in [0.15, 0.2) is 0 Å². The van der Waals surface area contributed by atoms with Gasteiger partial charge in [0.1, 0.15) is 11.6 Å². The Bertz CT molecular complexity index is 444. The van der Waals surface area contributed by atoms with Crippen LogP contribution in [0.3, 0.4) is 0 Å². The lowest BCUT2D eigenvalue weighted by Crippen LogP contribution is -2.34. The second kappa shape index (κ2) is 5.58. The molecule has 1 aliphatic carbocycles. The Morgan fingerprint density at radius 2 is 2.11 bits per heavy atom. The summed E-state index contributed by atoms with van der Waals surface area (Å²) in [6, 6.07) is 3.35. The molecule has 2 rings (SSSR count). The van der Waals surface area contributed by atoms with Crippen molar-refractivity contribution < 1.29 is 13.9 Å². The second-order valence-electron chi connectivity index (χ2n) is 6.25. The Morgan fingerprint density at radius 1 is 1.37 bits per heavy atom. The van der Waals surface area contributed by atoms with Gasteiger partial charge in [0.05, 0.1) is 5.60 Å². The lowest BCUT2D eigenvalue weighted by Gasteiger charge is -2.38. The first-order chi connectivity index (χ1) is 8.90. The zero-order valence-corrected chi connectivity index (χ0v) is 11.6. The number of hydrogen-bond donors (Lipinski definition) is 1. The van der Waals surface area contributed by atoms with E-state index in [1.807, 2.05) is 0 Å². The molecule has 19 heavy (non-hydrogen) atoms. The van der Waals surface area contributed by atoms with E-state index in [0.29, 0.717) is 24.7 Å². The van der Waals surface area contributed by atoms with Gasteiger partial charge in [0, 0.05) is 5.56 Å². The fourth-order valence-electron chi connectivity index (χ4n) is 3.33. The molecule has 0 bridgehead atoms. The van der Waals surface area contributed by atoms with E-state index < -0.39 is 17.2 Å². The highest BCUT2D eigenvalue weighted by Gasteiger charge is 2.38. The first kappa shape index (κ1) is 14.4. The molecule has 2 atom stereocenters.